The molecule has 0 aliphatic heterocycles. The van der Waals surface area contributed by atoms with E-state index in [0.29, 0.717) is 17.8 Å². The first-order chi connectivity index (χ1) is 13.4. The van der Waals surface area contributed by atoms with Gasteiger partial charge in [0, 0.05) is 24.2 Å². The molecular formula is C20H24FN5O2. The molecule has 0 radical (unpaired) electrons. The fraction of sp³-hybridized carbons (Fsp3) is 0.350. The van der Waals surface area contributed by atoms with Crippen molar-refractivity contribution in [3.05, 3.63) is 51.8 Å². The maximum absolute atomic E-state index is 14.1. The molecular weight excluding hydrogens is 361 g/mol. The third-order valence-corrected chi connectivity index (χ3v) is 4.80. The second-order valence-electron chi connectivity index (χ2n) is 6.56. The Morgan fingerprint density at radius 1 is 1.25 bits per heavy atom. The Kier molecular flexibility index (Phi) is 5.89. The number of fused-ring (bicyclic) bond motifs is 1. The molecule has 0 saturated heterocycles. The number of hydrogen-bond acceptors (Lipinski definition) is 4. The van der Waals surface area contributed by atoms with Crippen molar-refractivity contribution in [3.8, 4) is 11.4 Å². The Hall–Kier alpha value is -3.00. The van der Waals surface area contributed by atoms with Crippen LogP contribution in [0, 0.1) is 12.7 Å². The molecule has 8 heteroatoms. The standard InChI is InChI=1S/C20H24FN5O2/c1-4-26(5-2)10-9-22-20(28)17-12(3)23-18(25-17)14-11-13-15(21)7-6-8-16(13)24-19(14)27/h6-8,11H,4-5,9-10H2,1-3H3,(H,22,28)(H,23,25)(H,24,27). The fourth-order valence-corrected chi connectivity index (χ4v) is 3.13. The molecule has 0 aliphatic rings. The SMILES string of the molecule is CCN(CC)CCNC(=O)c1nc(-c2cc3c(F)cccc3[nH]c2=O)[nH]c1C. The smallest absolute Gasteiger partial charge is 0.271 e. The summed E-state index contributed by atoms with van der Waals surface area (Å²) in [7, 11) is 0. The van der Waals surface area contributed by atoms with Gasteiger partial charge in [-0.3, -0.25) is 9.59 Å². The first kappa shape index (κ1) is 19.8. The highest BCUT2D eigenvalue weighted by molar-refractivity contribution is 5.94. The molecule has 148 valence electrons. The molecule has 28 heavy (non-hydrogen) atoms. The van der Waals surface area contributed by atoms with E-state index in [1.807, 2.05) is 0 Å². The average Bonchev–Trinajstić information content (AvgIpc) is 3.06. The topological polar surface area (TPSA) is 93.9 Å². The number of aromatic nitrogens is 3. The van der Waals surface area contributed by atoms with Crippen LogP contribution in [0.15, 0.2) is 29.1 Å². The second kappa shape index (κ2) is 8.35. The first-order valence-electron chi connectivity index (χ1n) is 9.33. The Morgan fingerprint density at radius 3 is 2.71 bits per heavy atom. The summed E-state index contributed by atoms with van der Waals surface area (Å²) >= 11 is 0. The molecule has 0 aliphatic carbocycles. The van der Waals surface area contributed by atoms with Gasteiger partial charge < -0.3 is 20.2 Å². The molecule has 0 unspecified atom stereocenters. The molecule has 1 aromatic carbocycles. The predicted molar refractivity (Wildman–Crippen MR) is 107 cm³/mol. The zero-order valence-electron chi connectivity index (χ0n) is 16.2. The Morgan fingerprint density at radius 2 is 2.00 bits per heavy atom. The van der Waals surface area contributed by atoms with E-state index in [-0.39, 0.29) is 28.4 Å². The van der Waals surface area contributed by atoms with Crippen LogP contribution >= 0.6 is 0 Å². The maximum atomic E-state index is 14.1. The minimum atomic E-state index is -0.437. The molecule has 3 aromatic rings. The number of hydrogen-bond donors (Lipinski definition) is 3. The number of nitrogens with one attached hydrogen (secondary N) is 3. The third-order valence-electron chi connectivity index (χ3n) is 4.80. The number of H-pyrrole nitrogens is 2. The van der Waals surface area contributed by atoms with Gasteiger partial charge in [0.15, 0.2) is 0 Å². The van der Waals surface area contributed by atoms with Gasteiger partial charge in [-0.1, -0.05) is 19.9 Å². The number of carbonyl (C=O) groups excluding carboxylic acids is 1. The van der Waals surface area contributed by atoms with Crippen LogP contribution in [-0.2, 0) is 0 Å². The number of carbonyl (C=O) groups is 1. The summed E-state index contributed by atoms with van der Waals surface area (Å²) in [5.74, 6) is -0.513. The van der Waals surface area contributed by atoms with Crippen LogP contribution in [-0.4, -0.2) is 51.9 Å². The van der Waals surface area contributed by atoms with E-state index in [2.05, 4.69) is 39.0 Å². The van der Waals surface area contributed by atoms with Gasteiger partial charge in [0.05, 0.1) is 11.1 Å². The van der Waals surface area contributed by atoms with Crippen molar-refractivity contribution >= 4 is 16.8 Å². The van der Waals surface area contributed by atoms with Gasteiger partial charge in [-0.05, 0) is 38.2 Å². The monoisotopic (exact) mass is 385 g/mol. The lowest BCUT2D eigenvalue weighted by Gasteiger charge is -2.17. The number of nitrogens with zero attached hydrogens (tertiary/aromatic N) is 2. The van der Waals surface area contributed by atoms with Crippen LogP contribution < -0.4 is 10.9 Å². The number of benzene rings is 1. The van der Waals surface area contributed by atoms with E-state index in [1.165, 1.54) is 18.2 Å². The van der Waals surface area contributed by atoms with Crippen LogP contribution in [0.5, 0.6) is 0 Å². The fourth-order valence-electron chi connectivity index (χ4n) is 3.13. The molecule has 0 saturated carbocycles. The highest BCUT2D eigenvalue weighted by Crippen LogP contribution is 2.21. The lowest BCUT2D eigenvalue weighted by atomic mass is 10.1. The largest absolute Gasteiger partial charge is 0.349 e. The van der Waals surface area contributed by atoms with E-state index < -0.39 is 11.4 Å². The molecule has 0 spiro atoms. The first-order valence-corrected chi connectivity index (χ1v) is 9.33. The molecule has 2 aromatic heterocycles. The lowest BCUT2D eigenvalue weighted by molar-refractivity contribution is 0.0944. The van der Waals surface area contributed by atoms with Crippen molar-refractivity contribution in [1.29, 1.82) is 0 Å². The molecule has 7 nitrogen and oxygen atoms in total. The number of amides is 1. The summed E-state index contributed by atoms with van der Waals surface area (Å²) in [6.45, 7) is 8.94. The van der Waals surface area contributed by atoms with Crippen molar-refractivity contribution in [2.45, 2.75) is 20.8 Å². The number of pyridine rings is 1. The van der Waals surface area contributed by atoms with Gasteiger partial charge in [-0.15, -0.1) is 0 Å². The molecule has 0 fully saturated rings. The van der Waals surface area contributed by atoms with Crippen molar-refractivity contribution in [1.82, 2.24) is 25.2 Å². The molecule has 1 amide bonds. The minimum Gasteiger partial charge on any atom is -0.349 e. The summed E-state index contributed by atoms with van der Waals surface area (Å²) in [6.07, 6.45) is 0. The van der Waals surface area contributed by atoms with E-state index in [1.54, 1.807) is 13.0 Å². The summed E-state index contributed by atoms with van der Waals surface area (Å²) in [4.78, 5) is 37.0. The van der Waals surface area contributed by atoms with E-state index in [0.717, 1.165) is 19.6 Å². The number of halogens is 1. The van der Waals surface area contributed by atoms with Gasteiger partial charge in [0.25, 0.3) is 11.5 Å². The van der Waals surface area contributed by atoms with E-state index in [9.17, 15) is 14.0 Å². The average molecular weight is 385 g/mol. The van der Waals surface area contributed by atoms with Crippen LogP contribution in [0.2, 0.25) is 0 Å². The minimum absolute atomic E-state index is 0.183. The molecule has 2 heterocycles. The number of aromatic amines is 2. The highest BCUT2D eigenvalue weighted by atomic mass is 19.1. The van der Waals surface area contributed by atoms with Gasteiger partial charge in [0.1, 0.15) is 17.3 Å². The van der Waals surface area contributed by atoms with E-state index in [4.69, 9.17) is 0 Å². The van der Waals surface area contributed by atoms with Gasteiger partial charge in [-0.2, -0.15) is 0 Å². The second-order valence-corrected chi connectivity index (χ2v) is 6.56. The van der Waals surface area contributed by atoms with Crippen molar-refractivity contribution < 1.29 is 9.18 Å². The molecule has 3 rings (SSSR count). The van der Waals surface area contributed by atoms with Crippen LogP contribution in [0.3, 0.4) is 0 Å². The van der Waals surface area contributed by atoms with Crippen LogP contribution in [0.4, 0.5) is 4.39 Å². The quantitative estimate of drug-likeness (QED) is 0.582. The maximum Gasteiger partial charge on any atom is 0.271 e. The van der Waals surface area contributed by atoms with Gasteiger partial charge in [0.2, 0.25) is 0 Å². The Bertz CT molecular complexity index is 1050. The van der Waals surface area contributed by atoms with Crippen molar-refractivity contribution in [3.63, 3.8) is 0 Å². The number of likely N-dealkylation sites (N-methyl/N-ethyl adjacent to an activating group) is 1. The van der Waals surface area contributed by atoms with E-state index >= 15 is 0 Å². The lowest BCUT2D eigenvalue weighted by Crippen LogP contribution is -2.35. The summed E-state index contributed by atoms with van der Waals surface area (Å²) in [5, 5.41) is 3.14. The summed E-state index contributed by atoms with van der Waals surface area (Å²) in [6, 6.07) is 5.94. The molecule has 0 bridgehead atoms. The molecule has 0 atom stereocenters. The normalized spacial score (nSPS) is 11.3. The highest BCUT2D eigenvalue weighted by Gasteiger charge is 2.18. The Labute approximate surface area is 162 Å². The zero-order valence-corrected chi connectivity index (χ0v) is 16.2. The van der Waals surface area contributed by atoms with Crippen molar-refractivity contribution in [2.75, 3.05) is 26.2 Å². The van der Waals surface area contributed by atoms with Gasteiger partial charge in [-0.25, -0.2) is 9.37 Å². The zero-order chi connectivity index (χ0) is 20.3. The molecule has 3 N–H and O–H groups in total. The number of rotatable bonds is 7. The number of imidazole rings is 1. The van der Waals surface area contributed by atoms with Gasteiger partial charge >= 0.3 is 0 Å². The number of aryl methyl sites for hydroxylation is 1. The summed E-state index contributed by atoms with van der Waals surface area (Å²) in [5.41, 5.74) is 0.959. The third kappa shape index (κ3) is 3.96. The van der Waals surface area contributed by atoms with Crippen LogP contribution in [0.25, 0.3) is 22.3 Å². The predicted octanol–water partition coefficient (Wildman–Crippen LogP) is 2.44. The summed E-state index contributed by atoms with van der Waals surface area (Å²) < 4.78 is 14.1. The van der Waals surface area contributed by atoms with Crippen LogP contribution in [0.1, 0.15) is 30.0 Å². The van der Waals surface area contributed by atoms with Crippen molar-refractivity contribution in [2.24, 2.45) is 0 Å². The Balaban J connectivity index is 1.85.